The van der Waals surface area contributed by atoms with Gasteiger partial charge in [-0.3, -0.25) is 9.79 Å². The molecule has 0 fully saturated rings. The molecule has 4 nitrogen and oxygen atoms in total. The number of nitrogens with zero attached hydrogens (tertiary/aromatic N) is 1. The van der Waals surface area contributed by atoms with Crippen LogP contribution in [-0.4, -0.2) is 18.9 Å². The van der Waals surface area contributed by atoms with Crippen LogP contribution < -0.4 is 5.32 Å². The molecule has 0 unspecified atom stereocenters. The molecule has 1 aliphatic heterocycles. The standard InChI is InChI=1S/C6H8N2O2/c1-5(9)10-6-2-7-4-8-3-6/h2,4H,3H2,1H3,(H,7,8). The van der Waals surface area contributed by atoms with Gasteiger partial charge in [0.2, 0.25) is 0 Å². The molecule has 1 N–H and O–H groups in total. The summed E-state index contributed by atoms with van der Waals surface area (Å²) in [6, 6.07) is 0. The summed E-state index contributed by atoms with van der Waals surface area (Å²) >= 11 is 0. The maximum atomic E-state index is 10.4. The van der Waals surface area contributed by atoms with E-state index in [1.54, 1.807) is 12.5 Å². The van der Waals surface area contributed by atoms with E-state index in [0.29, 0.717) is 12.3 Å². The molecule has 1 aliphatic rings. The number of rotatable bonds is 1. The molecule has 54 valence electrons. The van der Waals surface area contributed by atoms with Crippen molar-refractivity contribution in [1.29, 1.82) is 0 Å². The second kappa shape index (κ2) is 3.00. The predicted molar refractivity (Wildman–Crippen MR) is 36.3 cm³/mol. The summed E-state index contributed by atoms with van der Waals surface area (Å²) in [6.07, 6.45) is 3.15. The normalized spacial score (nSPS) is 15.5. The quantitative estimate of drug-likeness (QED) is 0.522. The Balaban J connectivity index is 2.41. The van der Waals surface area contributed by atoms with E-state index in [2.05, 4.69) is 10.3 Å². The van der Waals surface area contributed by atoms with E-state index in [-0.39, 0.29) is 5.97 Å². The molecule has 0 aromatic carbocycles. The Morgan fingerprint density at radius 1 is 1.90 bits per heavy atom. The highest BCUT2D eigenvalue weighted by Gasteiger charge is 2.01. The van der Waals surface area contributed by atoms with Gasteiger partial charge < -0.3 is 10.1 Å². The highest BCUT2D eigenvalue weighted by Crippen LogP contribution is 1.98. The Bertz CT molecular complexity index is 196. The van der Waals surface area contributed by atoms with E-state index in [1.165, 1.54) is 6.92 Å². The van der Waals surface area contributed by atoms with Crippen molar-refractivity contribution in [2.45, 2.75) is 6.92 Å². The van der Waals surface area contributed by atoms with Crippen LogP contribution in [0.2, 0.25) is 0 Å². The highest BCUT2D eigenvalue weighted by molar-refractivity contribution is 5.68. The summed E-state index contributed by atoms with van der Waals surface area (Å²) in [7, 11) is 0. The lowest BCUT2D eigenvalue weighted by molar-refractivity contribution is -0.136. The Kier molecular flexibility index (Phi) is 2.04. The molecule has 4 heteroatoms. The zero-order valence-electron chi connectivity index (χ0n) is 5.63. The maximum absolute atomic E-state index is 10.4. The molecule has 0 aromatic rings. The summed E-state index contributed by atoms with van der Waals surface area (Å²) < 4.78 is 4.74. The molecule has 0 bridgehead atoms. The topological polar surface area (TPSA) is 50.7 Å². The fourth-order valence-corrected chi connectivity index (χ4v) is 0.611. The molecule has 0 atom stereocenters. The molecule has 1 heterocycles. The number of aliphatic imine (C=N–C) groups is 1. The van der Waals surface area contributed by atoms with Crippen LogP contribution in [-0.2, 0) is 9.53 Å². The van der Waals surface area contributed by atoms with Gasteiger partial charge in [0.05, 0.1) is 6.34 Å². The number of hydrogen-bond donors (Lipinski definition) is 1. The van der Waals surface area contributed by atoms with Crippen molar-refractivity contribution in [3.05, 3.63) is 12.0 Å². The van der Waals surface area contributed by atoms with Crippen LogP contribution in [0.3, 0.4) is 0 Å². The summed E-state index contributed by atoms with van der Waals surface area (Å²) in [5, 5.41) is 2.71. The van der Waals surface area contributed by atoms with Gasteiger partial charge in [0.25, 0.3) is 0 Å². The van der Waals surface area contributed by atoms with E-state index in [9.17, 15) is 4.79 Å². The van der Waals surface area contributed by atoms with Crippen molar-refractivity contribution in [2.75, 3.05) is 6.54 Å². The zero-order valence-corrected chi connectivity index (χ0v) is 5.63. The number of esters is 1. The van der Waals surface area contributed by atoms with Crippen LogP contribution in [0.1, 0.15) is 6.92 Å². The molecule has 10 heavy (non-hydrogen) atoms. The summed E-state index contributed by atoms with van der Waals surface area (Å²) in [5.74, 6) is 0.236. The van der Waals surface area contributed by atoms with Crippen LogP contribution >= 0.6 is 0 Å². The lowest BCUT2D eigenvalue weighted by Gasteiger charge is -2.06. The smallest absolute Gasteiger partial charge is 0.307 e. The average molecular weight is 140 g/mol. The van der Waals surface area contributed by atoms with Crippen LogP contribution in [0.5, 0.6) is 0 Å². The summed E-state index contributed by atoms with van der Waals surface area (Å²) in [5.41, 5.74) is 0. The molecule has 0 aliphatic carbocycles. The predicted octanol–water partition coefficient (Wildman–Crippen LogP) is 0.0224. The van der Waals surface area contributed by atoms with Crippen molar-refractivity contribution in [3.8, 4) is 0 Å². The SMILES string of the molecule is CC(=O)OC1=CNC=NC1. The first-order valence-corrected chi connectivity index (χ1v) is 2.91. The van der Waals surface area contributed by atoms with E-state index >= 15 is 0 Å². The molecular weight excluding hydrogens is 132 g/mol. The van der Waals surface area contributed by atoms with Crippen LogP contribution in [0.4, 0.5) is 0 Å². The number of carbonyl (C=O) groups excluding carboxylic acids is 1. The van der Waals surface area contributed by atoms with Crippen molar-refractivity contribution in [2.24, 2.45) is 4.99 Å². The fraction of sp³-hybridized carbons (Fsp3) is 0.333. The first-order chi connectivity index (χ1) is 4.79. The van der Waals surface area contributed by atoms with Crippen molar-refractivity contribution >= 4 is 12.3 Å². The van der Waals surface area contributed by atoms with Gasteiger partial charge >= 0.3 is 5.97 Å². The molecule has 0 saturated carbocycles. The van der Waals surface area contributed by atoms with Gasteiger partial charge in [0.15, 0.2) is 0 Å². The first kappa shape index (κ1) is 6.80. The van der Waals surface area contributed by atoms with Gasteiger partial charge in [-0.2, -0.15) is 0 Å². The monoisotopic (exact) mass is 140 g/mol. The van der Waals surface area contributed by atoms with Crippen molar-refractivity contribution in [3.63, 3.8) is 0 Å². The van der Waals surface area contributed by atoms with E-state index in [0.717, 1.165) is 0 Å². The Morgan fingerprint density at radius 2 is 2.70 bits per heavy atom. The minimum atomic E-state index is -0.315. The average Bonchev–Trinajstić information content (AvgIpc) is 1.88. The van der Waals surface area contributed by atoms with Gasteiger partial charge in [0.1, 0.15) is 12.3 Å². The molecule has 0 radical (unpaired) electrons. The lowest BCUT2D eigenvalue weighted by Crippen LogP contribution is -2.13. The Labute approximate surface area is 58.6 Å². The third-order valence-electron chi connectivity index (χ3n) is 0.932. The first-order valence-electron chi connectivity index (χ1n) is 2.91. The summed E-state index contributed by atoms with van der Waals surface area (Å²) in [4.78, 5) is 14.2. The highest BCUT2D eigenvalue weighted by atomic mass is 16.5. The fourth-order valence-electron chi connectivity index (χ4n) is 0.611. The second-order valence-corrected chi connectivity index (χ2v) is 1.84. The molecule has 1 rings (SSSR count). The van der Waals surface area contributed by atoms with Gasteiger partial charge in [-0.15, -0.1) is 0 Å². The zero-order chi connectivity index (χ0) is 7.40. The largest absolute Gasteiger partial charge is 0.428 e. The third-order valence-corrected chi connectivity index (χ3v) is 0.932. The van der Waals surface area contributed by atoms with Crippen molar-refractivity contribution in [1.82, 2.24) is 5.32 Å². The van der Waals surface area contributed by atoms with E-state index < -0.39 is 0 Å². The molecule has 0 spiro atoms. The van der Waals surface area contributed by atoms with Gasteiger partial charge in [-0.1, -0.05) is 0 Å². The van der Waals surface area contributed by atoms with Crippen LogP contribution in [0, 0.1) is 0 Å². The number of carbonyl (C=O) groups is 1. The van der Waals surface area contributed by atoms with E-state index in [1.807, 2.05) is 0 Å². The van der Waals surface area contributed by atoms with Gasteiger partial charge in [-0.25, -0.2) is 0 Å². The summed E-state index contributed by atoms with van der Waals surface area (Å²) in [6.45, 7) is 1.80. The number of ether oxygens (including phenoxy) is 1. The Hall–Kier alpha value is -1.32. The van der Waals surface area contributed by atoms with Crippen LogP contribution in [0.15, 0.2) is 17.0 Å². The maximum Gasteiger partial charge on any atom is 0.307 e. The number of hydrogen-bond acceptors (Lipinski definition) is 4. The molecule has 0 amide bonds. The van der Waals surface area contributed by atoms with E-state index in [4.69, 9.17) is 4.74 Å². The lowest BCUT2D eigenvalue weighted by atomic mass is 10.5. The van der Waals surface area contributed by atoms with Crippen LogP contribution in [0.25, 0.3) is 0 Å². The number of nitrogens with one attached hydrogen (secondary N) is 1. The third kappa shape index (κ3) is 1.89. The minimum absolute atomic E-state index is 0.315. The van der Waals surface area contributed by atoms with Gasteiger partial charge in [-0.05, 0) is 0 Å². The molecular formula is C6H8N2O2. The minimum Gasteiger partial charge on any atom is -0.428 e. The van der Waals surface area contributed by atoms with Gasteiger partial charge in [0, 0.05) is 13.1 Å². The Morgan fingerprint density at radius 3 is 3.20 bits per heavy atom. The second-order valence-electron chi connectivity index (χ2n) is 1.84. The molecule has 0 aromatic heterocycles. The molecule has 0 saturated heterocycles. The van der Waals surface area contributed by atoms with Crippen molar-refractivity contribution < 1.29 is 9.53 Å².